The number of para-hydroxylation sites is 1. The van der Waals surface area contributed by atoms with Crippen molar-refractivity contribution in [2.75, 3.05) is 6.26 Å². The molecule has 0 bridgehead atoms. The number of nitrogens with zero attached hydrogens (tertiary/aromatic N) is 2. The highest BCUT2D eigenvalue weighted by Crippen LogP contribution is 2.20. The summed E-state index contributed by atoms with van der Waals surface area (Å²) < 4.78 is 16.4. The van der Waals surface area contributed by atoms with E-state index in [9.17, 15) is 9.18 Å². The number of hydrogen-bond acceptors (Lipinski definition) is 3. The molecule has 1 heterocycles. The van der Waals surface area contributed by atoms with Crippen LogP contribution in [-0.4, -0.2) is 16.7 Å². The van der Waals surface area contributed by atoms with Crippen molar-refractivity contribution in [3.8, 4) is 12.3 Å². The SMILES string of the molecule is C#CCn1c(=NC(=O)c2ccc(SC)cc2)sc2cccc(F)c21. The normalized spacial score (nSPS) is 11.6. The molecule has 2 aromatic carbocycles. The van der Waals surface area contributed by atoms with E-state index in [2.05, 4.69) is 10.9 Å². The third-order valence-corrected chi connectivity index (χ3v) is 5.22. The molecule has 3 aromatic rings. The maximum Gasteiger partial charge on any atom is 0.279 e. The van der Waals surface area contributed by atoms with Crippen LogP contribution in [0.5, 0.6) is 0 Å². The largest absolute Gasteiger partial charge is 0.302 e. The molecule has 3 rings (SSSR count). The van der Waals surface area contributed by atoms with Gasteiger partial charge in [0.2, 0.25) is 0 Å². The molecule has 120 valence electrons. The molecule has 0 aliphatic carbocycles. The lowest BCUT2D eigenvalue weighted by Crippen LogP contribution is -2.17. The number of thiazole rings is 1. The van der Waals surface area contributed by atoms with Crippen LogP contribution in [0.3, 0.4) is 0 Å². The first-order valence-corrected chi connectivity index (χ1v) is 9.12. The molecule has 3 nitrogen and oxygen atoms in total. The molecule has 0 aliphatic rings. The Kier molecular flexibility index (Phi) is 4.84. The second-order valence-electron chi connectivity index (χ2n) is 4.91. The highest BCUT2D eigenvalue weighted by molar-refractivity contribution is 7.98. The molecular weight excluding hydrogens is 343 g/mol. The molecule has 0 N–H and O–H groups in total. The molecule has 24 heavy (non-hydrogen) atoms. The van der Waals surface area contributed by atoms with Crippen LogP contribution in [0.15, 0.2) is 52.4 Å². The Morgan fingerprint density at radius 2 is 2.08 bits per heavy atom. The van der Waals surface area contributed by atoms with Gasteiger partial charge in [0.1, 0.15) is 5.82 Å². The Morgan fingerprint density at radius 1 is 1.33 bits per heavy atom. The fourth-order valence-electron chi connectivity index (χ4n) is 2.30. The van der Waals surface area contributed by atoms with Crippen molar-refractivity contribution in [1.29, 1.82) is 0 Å². The van der Waals surface area contributed by atoms with Gasteiger partial charge >= 0.3 is 0 Å². The molecule has 0 saturated heterocycles. The number of fused-ring (bicyclic) bond motifs is 1. The number of aromatic nitrogens is 1. The number of thioether (sulfide) groups is 1. The van der Waals surface area contributed by atoms with Crippen LogP contribution >= 0.6 is 23.1 Å². The van der Waals surface area contributed by atoms with Gasteiger partial charge in [0.15, 0.2) is 4.80 Å². The minimum absolute atomic E-state index is 0.151. The van der Waals surface area contributed by atoms with Crippen LogP contribution < -0.4 is 4.80 Å². The third kappa shape index (κ3) is 3.14. The zero-order valence-corrected chi connectivity index (χ0v) is 14.5. The molecule has 0 aliphatic heterocycles. The first-order chi connectivity index (χ1) is 11.6. The van der Waals surface area contributed by atoms with E-state index in [0.29, 0.717) is 20.6 Å². The summed E-state index contributed by atoms with van der Waals surface area (Å²) in [6.45, 7) is 0.151. The summed E-state index contributed by atoms with van der Waals surface area (Å²) in [5, 5.41) is 0. The Bertz CT molecular complexity index is 1010. The minimum Gasteiger partial charge on any atom is -0.302 e. The zero-order chi connectivity index (χ0) is 17.1. The predicted octanol–water partition coefficient (Wildman–Crippen LogP) is 3.94. The van der Waals surface area contributed by atoms with E-state index in [1.807, 2.05) is 18.4 Å². The van der Waals surface area contributed by atoms with Gasteiger partial charge in [-0.15, -0.1) is 18.2 Å². The standard InChI is InChI=1S/C18H13FN2OS2/c1-3-11-21-16-14(19)5-4-6-15(16)24-18(21)20-17(22)12-7-9-13(23-2)10-8-12/h1,4-10H,11H2,2H3. The molecule has 0 atom stereocenters. The van der Waals surface area contributed by atoms with Crippen molar-refractivity contribution >= 4 is 39.2 Å². The van der Waals surface area contributed by atoms with Gasteiger partial charge < -0.3 is 4.57 Å². The summed E-state index contributed by atoms with van der Waals surface area (Å²) in [6, 6.07) is 12.0. The van der Waals surface area contributed by atoms with E-state index in [1.54, 1.807) is 40.6 Å². The van der Waals surface area contributed by atoms with Gasteiger partial charge in [-0.1, -0.05) is 23.3 Å². The quantitative estimate of drug-likeness (QED) is 0.526. The molecule has 6 heteroatoms. The average molecular weight is 356 g/mol. The van der Waals surface area contributed by atoms with E-state index in [-0.39, 0.29) is 18.3 Å². The maximum atomic E-state index is 14.1. The predicted molar refractivity (Wildman–Crippen MR) is 96.7 cm³/mol. The lowest BCUT2D eigenvalue weighted by Gasteiger charge is -2.01. The Hall–Kier alpha value is -2.36. The van der Waals surface area contributed by atoms with Crippen LogP contribution in [0.25, 0.3) is 10.2 Å². The van der Waals surface area contributed by atoms with E-state index in [0.717, 1.165) is 4.90 Å². The van der Waals surface area contributed by atoms with Crippen LogP contribution in [0.2, 0.25) is 0 Å². The van der Waals surface area contributed by atoms with Crippen LogP contribution in [0, 0.1) is 18.2 Å². The molecule has 0 spiro atoms. The first-order valence-electron chi connectivity index (χ1n) is 7.08. The fourth-order valence-corrected chi connectivity index (χ4v) is 3.75. The van der Waals surface area contributed by atoms with E-state index in [4.69, 9.17) is 6.42 Å². The molecule has 0 radical (unpaired) electrons. The number of benzene rings is 2. The van der Waals surface area contributed by atoms with Crippen molar-refractivity contribution in [3.05, 3.63) is 58.6 Å². The van der Waals surface area contributed by atoms with E-state index < -0.39 is 0 Å². The maximum absolute atomic E-state index is 14.1. The van der Waals surface area contributed by atoms with Gasteiger partial charge in [0.05, 0.1) is 16.8 Å². The number of carbonyl (C=O) groups excluding carboxylic acids is 1. The highest BCUT2D eigenvalue weighted by atomic mass is 32.2. The number of terminal acetylenes is 1. The van der Waals surface area contributed by atoms with Gasteiger partial charge in [-0.25, -0.2) is 4.39 Å². The summed E-state index contributed by atoms with van der Waals surface area (Å²) in [7, 11) is 0. The van der Waals surface area contributed by atoms with Crippen molar-refractivity contribution in [1.82, 2.24) is 4.57 Å². The van der Waals surface area contributed by atoms with Crippen molar-refractivity contribution in [3.63, 3.8) is 0 Å². The molecule has 0 saturated carbocycles. The Labute approximate surface area is 146 Å². The number of amides is 1. The summed E-state index contributed by atoms with van der Waals surface area (Å²) in [6.07, 6.45) is 7.35. The average Bonchev–Trinajstić information content (AvgIpc) is 2.94. The van der Waals surface area contributed by atoms with Crippen LogP contribution in [0.4, 0.5) is 4.39 Å². The topological polar surface area (TPSA) is 34.4 Å². The van der Waals surface area contributed by atoms with Crippen molar-refractivity contribution in [2.45, 2.75) is 11.4 Å². The van der Waals surface area contributed by atoms with Gasteiger partial charge in [0.25, 0.3) is 5.91 Å². The van der Waals surface area contributed by atoms with Gasteiger partial charge in [0, 0.05) is 10.5 Å². The second kappa shape index (κ2) is 7.04. The van der Waals surface area contributed by atoms with Crippen molar-refractivity contribution in [2.24, 2.45) is 4.99 Å². The summed E-state index contributed by atoms with van der Waals surface area (Å²) in [4.78, 5) is 18.0. The third-order valence-electron chi connectivity index (χ3n) is 3.44. The smallest absolute Gasteiger partial charge is 0.279 e. The summed E-state index contributed by atoms with van der Waals surface area (Å²) in [5.74, 6) is 1.73. The number of rotatable bonds is 3. The zero-order valence-electron chi connectivity index (χ0n) is 12.8. The number of halogens is 1. The minimum atomic E-state index is -0.378. The number of hydrogen-bond donors (Lipinski definition) is 0. The van der Waals surface area contributed by atoms with Crippen LogP contribution in [-0.2, 0) is 6.54 Å². The lowest BCUT2D eigenvalue weighted by molar-refractivity contribution is 0.0998. The van der Waals surface area contributed by atoms with Gasteiger partial charge in [-0.3, -0.25) is 4.79 Å². The monoisotopic (exact) mass is 356 g/mol. The van der Waals surface area contributed by atoms with E-state index in [1.165, 1.54) is 17.4 Å². The molecule has 0 fully saturated rings. The second-order valence-corrected chi connectivity index (χ2v) is 6.80. The Balaban J connectivity index is 2.12. The first kappa shape index (κ1) is 16.5. The van der Waals surface area contributed by atoms with Gasteiger partial charge in [-0.05, 0) is 42.7 Å². The number of carbonyl (C=O) groups is 1. The van der Waals surface area contributed by atoms with Crippen molar-refractivity contribution < 1.29 is 9.18 Å². The van der Waals surface area contributed by atoms with E-state index >= 15 is 0 Å². The fraction of sp³-hybridized carbons (Fsp3) is 0.111. The molecule has 1 aromatic heterocycles. The highest BCUT2D eigenvalue weighted by Gasteiger charge is 2.11. The van der Waals surface area contributed by atoms with Crippen LogP contribution in [0.1, 0.15) is 10.4 Å². The summed E-state index contributed by atoms with van der Waals surface area (Å²) >= 11 is 2.84. The molecule has 1 amide bonds. The molecule has 0 unspecified atom stereocenters. The Morgan fingerprint density at radius 3 is 2.75 bits per heavy atom. The van der Waals surface area contributed by atoms with Gasteiger partial charge in [-0.2, -0.15) is 4.99 Å². The molecular formula is C18H13FN2OS2. The lowest BCUT2D eigenvalue weighted by atomic mass is 10.2. The summed E-state index contributed by atoms with van der Waals surface area (Å²) in [5.41, 5.74) is 0.864.